The molecule has 1 aliphatic rings. The van der Waals surface area contributed by atoms with Crippen molar-refractivity contribution in [1.29, 1.82) is 0 Å². The van der Waals surface area contributed by atoms with Crippen molar-refractivity contribution < 1.29 is 9.53 Å². The van der Waals surface area contributed by atoms with Gasteiger partial charge in [0.2, 0.25) is 0 Å². The minimum Gasteiger partial charge on any atom is -0.497 e. The molecule has 2 aromatic heterocycles. The number of amides is 2. The van der Waals surface area contributed by atoms with Crippen LogP contribution in [0.1, 0.15) is 0 Å². The molecule has 130 valence electrons. The Labute approximate surface area is 153 Å². The normalized spacial score (nSPS) is 14.8. The fraction of sp³-hybridized carbons (Fsp3) is 0.294. The van der Waals surface area contributed by atoms with Crippen LogP contribution in [0.2, 0.25) is 0 Å². The van der Waals surface area contributed by atoms with Crippen molar-refractivity contribution in [2.75, 3.05) is 43.5 Å². The molecule has 1 aliphatic heterocycles. The minimum absolute atomic E-state index is 0.0314. The molecule has 0 radical (unpaired) electrons. The van der Waals surface area contributed by atoms with E-state index in [1.165, 1.54) is 11.3 Å². The lowest BCUT2D eigenvalue weighted by atomic mass is 10.3. The van der Waals surface area contributed by atoms with Gasteiger partial charge in [-0.2, -0.15) is 0 Å². The highest BCUT2D eigenvalue weighted by atomic mass is 32.1. The molecule has 0 spiro atoms. The molecule has 1 fully saturated rings. The van der Waals surface area contributed by atoms with Gasteiger partial charge < -0.3 is 14.5 Å². The van der Waals surface area contributed by atoms with Crippen LogP contribution in [0.25, 0.3) is 10.2 Å². The van der Waals surface area contributed by atoms with Gasteiger partial charge >= 0.3 is 6.03 Å². The molecule has 25 heavy (non-hydrogen) atoms. The summed E-state index contributed by atoms with van der Waals surface area (Å²) in [7, 11) is 1.67. The Kier molecular flexibility index (Phi) is 4.46. The number of carbonyl (C=O) groups is 1. The Morgan fingerprint density at radius 2 is 2.08 bits per heavy atom. The van der Waals surface area contributed by atoms with Crippen LogP contribution in [-0.4, -0.2) is 49.2 Å². The number of carbonyl (C=O) groups excluding carboxylic acids is 1. The molecule has 8 heteroatoms. The van der Waals surface area contributed by atoms with Gasteiger partial charge in [-0.3, -0.25) is 5.32 Å². The summed E-state index contributed by atoms with van der Waals surface area (Å²) in [6, 6.07) is 9.74. The molecule has 3 heterocycles. The Morgan fingerprint density at radius 3 is 2.80 bits per heavy atom. The number of aromatic nitrogens is 1. The van der Waals surface area contributed by atoms with E-state index < -0.39 is 0 Å². The lowest BCUT2D eigenvalue weighted by molar-refractivity contribution is 0.208. The van der Waals surface area contributed by atoms with Crippen molar-refractivity contribution in [3.63, 3.8) is 0 Å². The average molecular weight is 374 g/mol. The molecule has 0 atom stereocenters. The Bertz CT molecular complexity index is 870. The Hall–Kier alpha value is -2.32. The molecular formula is C17H18N4O2S2. The third-order valence-corrected chi connectivity index (χ3v) is 6.04. The standard InChI is InChI=1S/C17H18N4O2S2/c1-23-12-4-5-13-14(11-12)25-17(18-13)21-8-6-20(7-9-21)16(22)19-15-3-2-10-24-15/h2-5,10-11H,6-9H2,1H3,(H,19,22). The number of hydrogen-bond acceptors (Lipinski definition) is 6. The van der Waals surface area contributed by atoms with Crippen molar-refractivity contribution >= 4 is 49.1 Å². The largest absolute Gasteiger partial charge is 0.497 e. The first-order chi connectivity index (χ1) is 12.2. The van der Waals surface area contributed by atoms with E-state index in [2.05, 4.69) is 10.2 Å². The number of anilines is 2. The lowest BCUT2D eigenvalue weighted by Gasteiger charge is -2.34. The van der Waals surface area contributed by atoms with Crippen molar-refractivity contribution in [1.82, 2.24) is 9.88 Å². The molecule has 2 amide bonds. The summed E-state index contributed by atoms with van der Waals surface area (Å²) >= 11 is 3.19. The first-order valence-electron chi connectivity index (χ1n) is 8.02. The summed E-state index contributed by atoms with van der Waals surface area (Å²) in [6.45, 7) is 2.95. The smallest absolute Gasteiger partial charge is 0.322 e. The summed E-state index contributed by atoms with van der Waals surface area (Å²) in [5, 5.41) is 6.78. The van der Waals surface area contributed by atoms with Gasteiger partial charge in [-0.15, -0.1) is 11.3 Å². The third-order valence-electron chi connectivity index (χ3n) is 4.17. The monoisotopic (exact) mass is 374 g/mol. The van der Waals surface area contributed by atoms with Gasteiger partial charge in [0.25, 0.3) is 0 Å². The molecule has 1 N–H and O–H groups in total. The van der Waals surface area contributed by atoms with Crippen LogP contribution in [0.3, 0.4) is 0 Å². The third kappa shape index (κ3) is 3.40. The van der Waals surface area contributed by atoms with Gasteiger partial charge in [-0.1, -0.05) is 11.3 Å². The van der Waals surface area contributed by atoms with E-state index in [1.807, 2.05) is 40.6 Å². The number of thiazole rings is 1. The van der Waals surface area contributed by atoms with Crippen molar-refractivity contribution in [2.24, 2.45) is 0 Å². The number of nitrogens with zero attached hydrogens (tertiary/aromatic N) is 3. The predicted molar refractivity (Wildman–Crippen MR) is 103 cm³/mol. The highest BCUT2D eigenvalue weighted by molar-refractivity contribution is 7.22. The molecular weight excluding hydrogens is 356 g/mol. The van der Waals surface area contributed by atoms with Gasteiger partial charge in [-0.25, -0.2) is 9.78 Å². The van der Waals surface area contributed by atoms with Gasteiger partial charge in [0, 0.05) is 26.2 Å². The van der Waals surface area contributed by atoms with E-state index in [0.717, 1.165) is 39.2 Å². The van der Waals surface area contributed by atoms with Gasteiger partial charge in [0.1, 0.15) is 5.75 Å². The Balaban J connectivity index is 1.40. The maximum absolute atomic E-state index is 12.3. The number of ether oxygens (including phenoxy) is 1. The summed E-state index contributed by atoms with van der Waals surface area (Å²) in [4.78, 5) is 21.1. The first kappa shape index (κ1) is 16.2. The second-order valence-corrected chi connectivity index (χ2v) is 7.67. The number of rotatable bonds is 3. The lowest BCUT2D eigenvalue weighted by Crippen LogP contribution is -2.50. The molecule has 1 aromatic carbocycles. The van der Waals surface area contributed by atoms with Crippen LogP contribution in [0.4, 0.5) is 14.9 Å². The van der Waals surface area contributed by atoms with Crippen LogP contribution >= 0.6 is 22.7 Å². The fourth-order valence-corrected chi connectivity index (χ4v) is 4.44. The van der Waals surface area contributed by atoms with Gasteiger partial charge in [0.15, 0.2) is 5.13 Å². The summed E-state index contributed by atoms with van der Waals surface area (Å²) in [6.07, 6.45) is 0. The highest BCUT2D eigenvalue weighted by Crippen LogP contribution is 2.31. The van der Waals surface area contributed by atoms with Crippen LogP contribution < -0.4 is 15.0 Å². The number of hydrogen-bond donors (Lipinski definition) is 1. The fourth-order valence-electron chi connectivity index (χ4n) is 2.79. The molecule has 0 unspecified atom stereocenters. The minimum atomic E-state index is -0.0314. The van der Waals surface area contributed by atoms with Crippen molar-refractivity contribution in [3.8, 4) is 5.75 Å². The summed E-state index contributed by atoms with van der Waals surface area (Å²) in [5.74, 6) is 0.845. The molecule has 1 saturated heterocycles. The van der Waals surface area contributed by atoms with Crippen LogP contribution in [0.5, 0.6) is 5.75 Å². The topological polar surface area (TPSA) is 57.7 Å². The SMILES string of the molecule is COc1ccc2nc(N3CCN(C(=O)Nc4cccs4)CC3)sc2c1. The zero-order chi connectivity index (χ0) is 17.2. The van der Waals surface area contributed by atoms with Crippen LogP contribution in [0, 0.1) is 0 Å². The molecule has 6 nitrogen and oxygen atoms in total. The zero-order valence-corrected chi connectivity index (χ0v) is 15.4. The molecule has 0 bridgehead atoms. The maximum Gasteiger partial charge on any atom is 0.322 e. The maximum atomic E-state index is 12.3. The summed E-state index contributed by atoms with van der Waals surface area (Å²) in [5.41, 5.74) is 0.985. The average Bonchev–Trinajstić information content (AvgIpc) is 3.30. The van der Waals surface area contributed by atoms with Crippen LogP contribution in [-0.2, 0) is 0 Å². The van der Waals surface area contributed by atoms with Crippen molar-refractivity contribution in [2.45, 2.75) is 0 Å². The quantitative estimate of drug-likeness (QED) is 0.759. The van der Waals surface area contributed by atoms with E-state index >= 15 is 0 Å². The predicted octanol–water partition coefficient (Wildman–Crippen LogP) is 3.72. The molecule has 3 aromatic rings. The van der Waals surface area contributed by atoms with Crippen LogP contribution in [0.15, 0.2) is 35.7 Å². The van der Waals surface area contributed by atoms with Gasteiger partial charge in [0.05, 0.1) is 22.3 Å². The number of methoxy groups -OCH3 is 1. The molecule has 4 rings (SSSR count). The number of benzene rings is 1. The number of fused-ring (bicyclic) bond motifs is 1. The summed E-state index contributed by atoms with van der Waals surface area (Å²) < 4.78 is 6.39. The van der Waals surface area contributed by atoms with Crippen molar-refractivity contribution in [3.05, 3.63) is 35.7 Å². The first-order valence-corrected chi connectivity index (χ1v) is 9.71. The van der Waals surface area contributed by atoms with E-state index in [0.29, 0.717) is 13.1 Å². The zero-order valence-electron chi connectivity index (χ0n) is 13.8. The molecule has 0 aliphatic carbocycles. The number of nitrogens with one attached hydrogen (secondary N) is 1. The number of piperazine rings is 1. The van der Waals surface area contributed by atoms with E-state index in [1.54, 1.807) is 18.4 Å². The van der Waals surface area contributed by atoms with E-state index in [-0.39, 0.29) is 6.03 Å². The van der Waals surface area contributed by atoms with Gasteiger partial charge in [-0.05, 0) is 35.7 Å². The Morgan fingerprint density at radius 1 is 1.24 bits per heavy atom. The number of thiophene rings is 1. The second kappa shape index (κ2) is 6.89. The molecule has 0 saturated carbocycles. The second-order valence-electron chi connectivity index (χ2n) is 5.71. The number of urea groups is 1. The van der Waals surface area contributed by atoms with E-state index in [4.69, 9.17) is 9.72 Å². The van der Waals surface area contributed by atoms with E-state index in [9.17, 15) is 4.79 Å². The highest BCUT2D eigenvalue weighted by Gasteiger charge is 2.23.